The fraction of sp³-hybridized carbons (Fsp3) is 0.200. The zero-order valence-corrected chi connectivity index (χ0v) is 12.6. The molecule has 21 heavy (non-hydrogen) atoms. The molecule has 1 aromatic rings. The minimum atomic E-state index is -4.92. The quantitative estimate of drug-likeness (QED) is 0.171. The molecule has 0 fully saturated rings. The normalized spacial score (nSPS) is 10.7. The standard InChI is InChI=1S/C10H15N5.Cu.H2O4S/c11-9(12)15-10(13)14-7-6-8-4-2-1-3-5-8;;1-5(2,3)4/h1-5H,6-7H2,(H6,11,12,13,14,15);;(H2,1,2,3,4)/q;+1;/p-1. The van der Waals surface area contributed by atoms with Crippen LogP contribution in [0.2, 0.25) is 0 Å². The molecule has 0 atom stereocenters. The van der Waals surface area contributed by atoms with E-state index < -0.39 is 10.4 Å². The number of aliphatic imine (C=N–C) groups is 2. The molecule has 0 bridgehead atoms. The number of benzene rings is 1. The summed E-state index contributed by atoms with van der Waals surface area (Å²) in [6.45, 7) is 0.576. The van der Waals surface area contributed by atoms with E-state index >= 15 is 0 Å². The summed E-state index contributed by atoms with van der Waals surface area (Å²) in [5, 5.41) is 0. The Morgan fingerprint density at radius 3 is 2.10 bits per heavy atom. The zero-order chi connectivity index (χ0) is 15.6. The van der Waals surface area contributed by atoms with Gasteiger partial charge >= 0.3 is 17.1 Å². The van der Waals surface area contributed by atoms with E-state index in [-0.39, 0.29) is 29.0 Å². The van der Waals surface area contributed by atoms with E-state index in [1.54, 1.807) is 0 Å². The van der Waals surface area contributed by atoms with Crippen molar-refractivity contribution in [2.45, 2.75) is 6.42 Å². The van der Waals surface area contributed by atoms with Crippen molar-refractivity contribution < 1.29 is 34.6 Å². The SMILES string of the molecule is NC(N)=NC(N)=NCCc1ccccc1.O=S(=O)([O-])O.[Cu+]. The summed E-state index contributed by atoms with van der Waals surface area (Å²) >= 11 is 0. The van der Waals surface area contributed by atoms with Crippen molar-refractivity contribution in [1.82, 2.24) is 0 Å². The molecule has 9 nitrogen and oxygen atoms in total. The molecule has 1 rings (SSSR count). The van der Waals surface area contributed by atoms with E-state index in [2.05, 4.69) is 9.98 Å². The van der Waals surface area contributed by atoms with Crippen LogP contribution in [-0.4, -0.2) is 36.0 Å². The van der Waals surface area contributed by atoms with Crippen LogP contribution in [0.15, 0.2) is 40.3 Å². The minimum Gasteiger partial charge on any atom is -0.726 e. The fourth-order valence-electron chi connectivity index (χ4n) is 1.11. The summed E-state index contributed by atoms with van der Waals surface area (Å²) in [6.07, 6.45) is 0.821. The molecule has 0 heterocycles. The van der Waals surface area contributed by atoms with Gasteiger partial charge < -0.3 is 21.8 Å². The van der Waals surface area contributed by atoms with E-state index in [1.165, 1.54) is 5.56 Å². The van der Waals surface area contributed by atoms with Crippen LogP contribution in [0.5, 0.6) is 0 Å². The molecule has 0 aromatic heterocycles. The first kappa shape index (κ1) is 21.6. The second kappa shape index (κ2) is 11.1. The smallest absolute Gasteiger partial charge is 0.726 e. The molecule has 122 valence electrons. The van der Waals surface area contributed by atoms with Gasteiger partial charge in [-0.1, -0.05) is 30.3 Å². The third-order valence-electron chi connectivity index (χ3n) is 1.76. The second-order valence-corrected chi connectivity index (χ2v) is 4.30. The molecule has 0 aliphatic rings. The third-order valence-corrected chi connectivity index (χ3v) is 1.76. The number of rotatable bonds is 3. The maximum Gasteiger partial charge on any atom is 1.00 e. The van der Waals surface area contributed by atoms with Gasteiger partial charge in [-0.3, -0.25) is 9.55 Å². The van der Waals surface area contributed by atoms with Gasteiger partial charge in [0.2, 0.25) is 16.4 Å². The first-order chi connectivity index (χ1) is 9.18. The van der Waals surface area contributed by atoms with Crippen LogP contribution in [0.25, 0.3) is 0 Å². The monoisotopic (exact) mass is 365 g/mol. The predicted octanol–water partition coefficient (Wildman–Crippen LogP) is -1.18. The van der Waals surface area contributed by atoms with Crippen LogP contribution in [0.1, 0.15) is 5.56 Å². The first-order valence-electron chi connectivity index (χ1n) is 5.30. The molecular formula is C10H16CuN5O4S. The third kappa shape index (κ3) is 18.3. The molecular weight excluding hydrogens is 350 g/mol. The van der Waals surface area contributed by atoms with Gasteiger partial charge in [-0.05, 0) is 12.0 Å². The van der Waals surface area contributed by atoms with Crippen LogP contribution < -0.4 is 17.2 Å². The zero-order valence-electron chi connectivity index (χ0n) is 10.8. The molecule has 0 saturated carbocycles. The van der Waals surface area contributed by atoms with Gasteiger partial charge in [-0.2, -0.15) is 4.99 Å². The molecule has 11 heteroatoms. The van der Waals surface area contributed by atoms with Crippen LogP contribution in [-0.2, 0) is 33.9 Å². The molecule has 0 aliphatic carbocycles. The average Bonchev–Trinajstić information content (AvgIpc) is 2.27. The van der Waals surface area contributed by atoms with Gasteiger partial charge in [-0.15, -0.1) is 0 Å². The fourth-order valence-corrected chi connectivity index (χ4v) is 1.11. The van der Waals surface area contributed by atoms with Crippen LogP contribution in [0, 0.1) is 0 Å². The Morgan fingerprint density at radius 1 is 1.19 bits per heavy atom. The maximum absolute atomic E-state index is 8.63. The Balaban J connectivity index is 0. The van der Waals surface area contributed by atoms with Crippen molar-refractivity contribution in [2.75, 3.05) is 6.54 Å². The summed E-state index contributed by atoms with van der Waals surface area (Å²) in [5.74, 6) is 0.0434. The summed E-state index contributed by atoms with van der Waals surface area (Å²) in [6, 6.07) is 10.0. The summed E-state index contributed by atoms with van der Waals surface area (Å²) in [5.41, 5.74) is 16.9. The Bertz CT molecular complexity index is 550. The topological polar surface area (TPSA) is 180 Å². The van der Waals surface area contributed by atoms with E-state index in [4.69, 9.17) is 34.7 Å². The van der Waals surface area contributed by atoms with E-state index in [1.807, 2.05) is 30.3 Å². The molecule has 0 saturated heterocycles. The van der Waals surface area contributed by atoms with Gasteiger partial charge in [0.1, 0.15) is 0 Å². The van der Waals surface area contributed by atoms with E-state index in [0.717, 1.165) is 6.42 Å². The second-order valence-electron chi connectivity index (χ2n) is 3.44. The van der Waals surface area contributed by atoms with Gasteiger partial charge in [0.05, 0.1) is 0 Å². The van der Waals surface area contributed by atoms with E-state index in [9.17, 15) is 0 Å². The van der Waals surface area contributed by atoms with Crippen molar-refractivity contribution in [2.24, 2.45) is 27.2 Å². The number of hydrogen-bond donors (Lipinski definition) is 4. The van der Waals surface area contributed by atoms with Crippen molar-refractivity contribution in [1.29, 1.82) is 0 Å². The van der Waals surface area contributed by atoms with Gasteiger partial charge in [0, 0.05) is 6.54 Å². The van der Waals surface area contributed by atoms with Crippen molar-refractivity contribution >= 4 is 22.3 Å². The Hall–Kier alpha value is -1.65. The molecule has 7 N–H and O–H groups in total. The van der Waals surface area contributed by atoms with Gasteiger partial charge in [-0.25, -0.2) is 8.42 Å². The minimum absolute atomic E-state index is 0. The van der Waals surface area contributed by atoms with Gasteiger partial charge in [0.25, 0.3) is 0 Å². The molecule has 0 aliphatic heterocycles. The van der Waals surface area contributed by atoms with Gasteiger partial charge in [0.15, 0.2) is 5.96 Å². The first-order valence-corrected chi connectivity index (χ1v) is 6.67. The van der Waals surface area contributed by atoms with Crippen molar-refractivity contribution in [3.05, 3.63) is 35.9 Å². The molecule has 0 spiro atoms. The Kier molecular flexibility index (Phi) is 11.4. The maximum atomic E-state index is 8.63. The molecule has 1 aromatic carbocycles. The Morgan fingerprint density at radius 2 is 1.67 bits per heavy atom. The van der Waals surface area contributed by atoms with Crippen LogP contribution in [0.3, 0.4) is 0 Å². The summed E-state index contributed by atoms with van der Waals surface area (Å²) in [4.78, 5) is 7.62. The van der Waals surface area contributed by atoms with Crippen molar-refractivity contribution in [3.63, 3.8) is 0 Å². The molecule has 0 amide bonds. The number of nitrogens with zero attached hydrogens (tertiary/aromatic N) is 2. The van der Waals surface area contributed by atoms with Crippen molar-refractivity contribution in [3.8, 4) is 0 Å². The number of hydrogen-bond acceptors (Lipinski definition) is 4. The average molecular weight is 366 g/mol. The van der Waals surface area contributed by atoms with Crippen LogP contribution in [0.4, 0.5) is 0 Å². The number of guanidine groups is 2. The van der Waals surface area contributed by atoms with E-state index in [0.29, 0.717) is 6.54 Å². The predicted molar refractivity (Wildman–Crippen MR) is 74.8 cm³/mol. The molecule has 0 radical (unpaired) electrons. The largest absolute Gasteiger partial charge is 1.00 e. The summed E-state index contributed by atoms with van der Waals surface area (Å²) in [7, 11) is -4.92. The summed E-state index contributed by atoms with van der Waals surface area (Å²) < 4.78 is 32.8. The van der Waals surface area contributed by atoms with Crippen LogP contribution >= 0.6 is 0 Å². The molecule has 0 unspecified atom stereocenters. The number of nitrogens with two attached hydrogens (primary N) is 3. The Labute approximate surface area is 133 Å².